The fourth-order valence-corrected chi connectivity index (χ4v) is 3.39. The summed E-state index contributed by atoms with van der Waals surface area (Å²) in [4.78, 5) is 4.67. The zero-order valence-corrected chi connectivity index (χ0v) is 14.7. The topological polar surface area (TPSA) is 17.8 Å². The Kier molecular flexibility index (Phi) is 4.00. The van der Waals surface area contributed by atoms with Gasteiger partial charge in [0.2, 0.25) is 0 Å². The highest BCUT2D eigenvalue weighted by molar-refractivity contribution is 9.10. The van der Waals surface area contributed by atoms with E-state index in [9.17, 15) is 0 Å². The SMILES string of the molecule is Cc1ccc2nc(C(C)Cl)n(-c3ccc(Cl)cc3Br)c2c1. The molecular weight excluding hydrogens is 371 g/mol. The lowest BCUT2D eigenvalue weighted by Gasteiger charge is -2.13. The number of aromatic nitrogens is 2. The zero-order valence-electron chi connectivity index (χ0n) is 11.6. The highest BCUT2D eigenvalue weighted by Crippen LogP contribution is 2.33. The van der Waals surface area contributed by atoms with Crippen molar-refractivity contribution < 1.29 is 0 Å². The zero-order chi connectivity index (χ0) is 15.1. The molecule has 3 rings (SSSR count). The second kappa shape index (κ2) is 5.64. The van der Waals surface area contributed by atoms with Crippen molar-refractivity contribution in [1.82, 2.24) is 9.55 Å². The number of aryl methyl sites for hydroxylation is 1. The van der Waals surface area contributed by atoms with Gasteiger partial charge in [-0.1, -0.05) is 17.7 Å². The van der Waals surface area contributed by atoms with Crippen LogP contribution < -0.4 is 0 Å². The molecule has 1 aromatic heterocycles. The summed E-state index contributed by atoms with van der Waals surface area (Å²) in [5, 5.41) is 0.493. The quantitative estimate of drug-likeness (QED) is 0.492. The molecule has 1 heterocycles. The first-order valence-electron chi connectivity index (χ1n) is 6.56. The van der Waals surface area contributed by atoms with Gasteiger partial charge in [-0.2, -0.15) is 0 Å². The Balaban J connectivity index is 2.38. The van der Waals surface area contributed by atoms with Gasteiger partial charge in [-0.25, -0.2) is 4.98 Å². The van der Waals surface area contributed by atoms with Gasteiger partial charge in [-0.3, -0.25) is 4.57 Å². The molecule has 0 spiro atoms. The fraction of sp³-hybridized carbons (Fsp3) is 0.188. The van der Waals surface area contributed by atoms with Crippen LogP contribution >= 0.6 is 39.1 Å². The summed E-state index contributed by atoms with van der Waals surface area (Å²) in [5.74, 6) is 0.820. The molecule has 0 bridgehead atoms. The van der Waals surface area contributed by atoms with E-state index in [4.69, 9.17) is 23.2 Å². The summed E-state index contributed by atoms with van der Waals surface area (Å²) in [6.07, 6.45) is 0. The first-order chi connectivity index (χ1) is 9.97. The van der Waals surface area contributed by atoms with E-state index in [2.05, 4.69) is 44.5 Å². The number of alkyl halides is 1. The molecule has 2 nitrogen and oxygen atoms in total. The summed E-state index contributed by atoms with van der Waals surface area (Å²) in [5.41, 5.74) is 4.14. The number of hydrogen-bond donors (Lipinski definition) is 0. The van der Waals surface area contributed by atoms with Crippen molar-refractivity contribution >= 4 is 50.2 Å². The Morgan fingerprint density at radius 1 is 1.19 bits per heavy atom. The molecule has 0 aliphatic heterocycles. The predicted molar refractivity (Wildman–Crippen MR) is 92.8 cm³/mol. The maximum absolute atomic E-state index is 6.33. The minimum Gasteiger partial charge on any atom is -0.294 e. The lowest BCUT2D eigenvalue weighted by Crippen LogP contribution is -2.02. The third kappa shape index (κ3) is 2.70. The van der Waals surface area contributed by atoms with E-state index in [-0.39, 0.29) is 5.38 Å². The summed E-state index contributed by atoms with van der Waals surface area (Å²) in [6.45, 7) is 3.99. The van der Waals surface area contributed by atoms with Gasteiger partial charge in [0.05, 0.1) is 22.1 Å². The Bertz CT molecular complexity index is 825. The summed E-state index contributed by atoms with van der Waals surface area (Å²) in [6, 6.07) is 11.9. The molecule has 21 heavy (non-hydrogen) atoms. The van der Waals surface area contributed by atoms with Crippen LogP contribution in [-0.2, 0) is 0 Å². The van der Waals surface area contributed by atoms with Crippen molar-refractivity contribution in [2.45, 2.75) is 19.2 Å². The molecule has 5 heteroatoms. The lowest BCUT2D eigenvalue weighted by molar-refractivity contribution is 0.880. The Labute approximate surface area is 141 Å². The van der Waals surface area contributed by atoms with Crippen LogP contribution in [0.1, 0.15) is 23.7 Å². The molecule has 0 aliphatic rings. The third-order valence-electron chi connectivity index (χ3n) is 3.34. The van der Waals surface area contributed by atoms with Crippen LogP contribution in [-0.4, -0.2) is 9.55 Å². The monoisotopic (exact) mass is 382 g/mol. The summed E-state index contributed by atoms with van der Waals surface area (Å²) in [7, 11) is 0. The van der Waals surface area contributed by atoms with Gasteiger partial charge in [0.15, 0.2) is 0 Å². The number of halogens is 3. The molecule has 0 amide bonds. The summed E-state index contributed by atoms with van der Waals surface area (Å²) < 4.78 is 3.00. The van der Waals surface area contributed by atoms with Crippen LogP contribution in [0.4, 0.5) is 0 Å². The van der Waals surface area contributed by atoms with E-state index in [1.165, 1.54) is 5.56 Å². The van der Waals surface area contributed by atoms with Crippen molar-refractivity contribution in [1.29, 1.82) is 0 Å². The smallest absolute Gasteiger partial charge is 0.132 e. The van der Waals surface area contributed by atoms with Crippen molar-refractivity contribution in [3.05, 3.63) is 57.3 Å². The number of imidazole rings is 1. The second-order valence-electron chi connectivity index (χ2n) is 5.01. The van der Waals surface area contributed by atoms with E-state index in [1.807, 2.05) is 31.2 Å². The van der Waals surface area contributed by atoms with Crippen molar-refractivity contribution in [2.75, 3.05) is 0 Å². The maximum Gasteiger partial charge on any atom is 0.132 e. The molecule has 0 N–H and O–H groups in total. The van der Waals surface area contributed by atoms with E-state index >= 15 is 0 Å². The minimum atomic E-state index is -0.194. The molecule has 0 saturated heterocycles. The molecule has 0 fully saturated rings. The van der Waals surface area contributed by atoms with E-state index < -0.39 is 0 Å². The lowest BCUT2D eigenvalue weighted by atomic mass is 10.2. The Morgan fingerprint density at radius 3 is 2.62 bits per heavy atom. The first-order valence-corrected chi connectivity index (χ1v) is 8.16. The normalized spacial score (nSPS) is 12.8. The first kappa shape index (κ1) is 14.9. The van der Waals surface area contributed by atoms with Gasteiger partial charge in [-0.05, 0) is 65.7 Å². The highest BCUT2D eigenvalue weighted by atomic mass is 79.9. The molecule has 0 saturated carbocycles. The van der Waals surface area contributed by atoms with E-state index in [0.717, 1.165) is 27.0 Å². The van der Waals surface area contributed by atoms with Gasteiger partial charge >= 0.3 is 0 Å². The van der Waals surface area contributed by atoms with Crippen LogP contribution in [0.2, 0.25) is 5.02 Å². The average molecular weight is 384 g/mol. The van der Waals surface area contributed by atoms with E-state index in [0.29, 0.717) is 5.02 Å². The number of fused-ring (bicyclic) bond motifs is 1. The van der Waals surface area contributed by atoms with Crippen LogP contribution in [0.15, 0.2) is 40.9 Å². The van der Waals surface area contributed by atoms with Crippen LogP contribution in [0, 0.1) is 6.92 Å². The molecule has 2 aromatic carbocycles. The van der Waals surface area contributed by atoms with Crippen LogP contribution in [0.5, 0.6) is 0 Å². The van der Waals surface area contributed by atoms with Gasteiger partial charge in [0, 0.05) is 9.50 Å². The maximum atomic E-state index is 6.33. The largest absolute Gasteiger partial charge is 0.294 e. The molecule has 1 unspecified atom stereocenters. The fourth-order valence-electron chi connectivity index (χ4n) is 2.39. The number of hydrogen-bond acceptors (Lipinski definition) is 1. The molecule has 1 atom stereocenters. The van der Waals surface area contributed by atoms with E-state index in [1.54, 1.807) is 0 Å². The van der Waals surface area contributed by atoms with Gasteiger partial charge in [-0.15, -0.1) is 11.6 Å². The minimum absolute atomic E-state index is 0.194. The highest BCUT2D eigenvalue weighted by Gasteiger charge is 2.18. The number of nitrogens with zero attached hydrogens (tertiary/aromatic N) is 2. The molecule has 0 aliphatic carbocycles. The number of benzene rings is 2. The summed E-state index contributed by atoms with van der Waals surface area (Å²) >= 11 is 16.0. The Hall–Kier alpha value is -1.03. The van der Waals surface area contributed by atoms with Crippen molar-refractivity contribution in [3.8, 4) is 5.69 Å². The molecule has 3 aromatic rings. The predicted octanol–water partition coefficient (Wildman–Crippen LogP) is 6.05. The van der Waals surface area contributed by atoms with Crippen molar-refractivity contribution in [2.24, 2.45) is 0 Å². The van der Waals surface area contributed by atoms with Crippen LogP contribution in [0.3, 0.4) is 0 Å². The molecule has 108 valence electrons. The standard InChI is InChI=1S/C16H13BrCl2N2/c1-9-3-5-13-15(7-9)21(16(20-13)10(2)18)14-6-4-11(19)8-12(14)17/h3-8,10H,1-2H3. The van der Waals surface area contributed by atoms with Gasteiger partial charge < -0.3 is 0 Å². The van der Waals surface area contributed by atoms with Crippen molar-refractivity contribution in [3.63, 3.8) is 0 Å². The number of rotatable bonds is 2. The van der Waals surface area contributed by atoms with Gasteiger partial charge in [0.1, 0.15) is 5.82 Å². The Morgan fingerprint density at radius 2 is 1.95 bits per heavy atom. The molecular formula is C16H13BrCl2N2. The molecule has 0 radical (unpaired) electrons. The van der Waals surface area contributed by atoms with Crippen LogP contribution in [0.25, 0.3) is 16.7 Å². The second-order valence-corrected chi connectivity index (χ2v) is 6.95. The third-order valence-corrected chi connectivity index (χ3v) is 4.41. The van der Waals surface area contributed by atoms with Gasteiger partial charge in [0.25, 0.3) is 0 Å². The average Bonchev–Trinajstić information content (AvgIpc) is 2.77.